The van der Waals surface area contributed by atoms with Crippen LogP contribution in [0.25, 0.3) is 0 Å². The number of carbonyl (C=O) groups is 2. The Balaban J connectivity index is 2.00. The van der Waals surface area contributed by atoms with Crippen LogP contribution in [0.15, 0.2) is 48.5 Å². The van der Waals surface area contributed by atoms with Crippen LogP contribution in [0, 0.1) is 6.92 Å². The zero-order valence-corrected chi connectivity index (χ0v) is 14.0. The number of halogens is 1. The van der Waals surface area contributed by atoms with Crippen molar-refractivity contribution < 1.29 is 14.3 Å². The Morgan fingerprint density at radius 2 is 1.83 bits per heavy atom. The fourth-order valence-electron chi connectivity index (χ4n) is 2.27. The summed E-state index contributed by atoms with van der Waals surface area (Å²) in [5.74, 6) is -0.424. The summed E-state index contributed by atoms with van der Waals surface area (Å²) < 4.78 is 5.31. The molecule has 5 nitrogen and oxygen atoms in total. The number of nitrogens with one attached hydrogen (secondary N) is 1. The number of benzene rings is 2. The number of aryl methyl sites for hydroxylation is 1. The number of carbonyl (C=O) groups excluding carboxylic acids is 2. The fourth-order valence-corrected chi connectivity index (χ4v) is 2.40. The molecule has 0 fully saturated rings. The average molecular weight is 347 g/mol. The zero-order valence-electron chi connectivity index (χ0n) is 13.3. The highest BCUT2D eigenvalue weighted by molar-refractivity contribution is 6.30. The summed E-state index contributed by atoms with van der Waals surface area (Å²) in [6.07, 6.45) is -0.0174. The van der Waals surface area contributed by atoms with Crippen molar-refractivity contribution in [3.8, 4) is 0 Å². The molecule has 0 saturated carbocycles. The lowest BCUT2D eigenvalue weighted by Gasteiger charge is -2.17. The molecule has 6 heteroatoms. The monoisotopic (exact) mass is 346 g/mol. The summed E-state index contributed by atoms with van der Waals surface area (Å²) in [6.45, 7) is 2.14. The predicted octanol–water partition coefficient (Wildman–Crippen LogP) is 3.49. The van der Waals surface area contributed by atoms with E-state index in [0.29, 0.717) is 5.02 Å². The number of nitrogens with two attached hydrogens (primary N) is 1. The first-order valence-electron chi connectivity index (χ1n) is 7.47. The van der Waals surface area contributed by atoms with Gasteiger partial charge in [0.25, 0.3) is 0 Å². The van der Waals surface area contributed by atoms with Gasteiger partial charge in [0, 0.05) is 5.02 Å². The van der Waals surface area contributed by atoms with Gasteiger partial charge in [0.05, 0.1) is 12.5 Å². The number of esters is 1. The summed E-state index contributed by atoms with van der Waals surface area (Å²) in [7, 11) is 0. The van der Waals surface area contributed by atoms with Gasteiger partial charge >= 0.3 is 12.0 Å². The minimum Gasteiger partial charge on any atom is -0.461 e. The van der Waals surface area contributed by atoms with E-state index in [1.165, 1.54) is 0 Å². The maximum Gasteiger partial charge on any atom is 0.312 e. The van der Waals surface area contributed by atoms with Crippen LogP contribution in [0.2, 0.25) is 5.02 Å². The van der Waals surface area contributed by atoms with Crippen LogP contribution in [-0.2, 0) is 16.1 Å². The van der Waals surface area contributed by atoms with Crippen molar-refractivity contribution in [1.29, 1.82) is 0 Å². The van der Waals surface area contributed by atoms with E-state index in [9.17, 15) is 9.59 Å². The van der Waals surface area contributed by atoms with Gasteiger partial charge < -0.3 is 15.8 Å². The van der Waals surface area contributed by atoms with Gasteiger partial charge in [-0.05, 0) is 35.7 Å². The summed E-state index contributed by atoms with van der Waals surface area (Å²) in [5.41, 5.74) is 7.91. The Labute approximate surface area is 145 Å². The van der Waals surface area contributed by atoms with Gasteiger partial charge in [-0.15, -0.1) is 0 Å². The molecule has 0 spiro atoms. The van der Waals surface area contributed by atoms with Crippen LogP contribution in [0.4, 0.5) is 4.79 Å². The first-order valence-corrected chi connectivity index (χ1v) is 7.85. The maximum absolute atomic E-state index is 12.1. The van der Waals surface area contributed by atoms with Crippen molar-refractivity contribution in [2.75, 3.05) is 0 Å². The lowest BCUT2D eigenvalue weighted by molar-refractivity contribution is -0.145. The molecule has 0 aromatic heterocycles. The third-order valence-electron chi connectivity index (χ3n) is 3.61. The Hall–Kier alpha value is -2.53. The summed E-state index contributed by atoms with van der Waals surface area (Å²) >= 11 is 5.86. The summed E-state index contributed by atoms with van der Waals surface area (Å²) in [5, 5.41) is 3.12. The second kappa shape index (κ2) is 8.36. The molecule has 2 aromatic rings. The number of urea groups is 1. The molecule has 0 saturated heterocycles. The standard InChI is InChI=1S/C18H19ClN2O3/c1-12-4-2-3-5-14(12)11-24-17(22)10-16(21-18(20)23)13-6-8-15(19)9-7-13/h2-9,16H,10-11H2,1H3,(H3,20,21,23)/t16-/m1/s1. The molecule has 0 unspecified atom stereocenters. The first-order chi connectivity index (χ1) is 11.5. The van der Waals surface area contributed by atoms with E-state index in [1.54, 1.807) is 24.3 Å². The van der Waals surface area contributed by atoms with Crippen molar-refractivity contribution in [2.24, 2.45) is 5.73 Å². The van der Waals surface area contributed by atoms with Gasteiger partial charge in [-0.25, -0.2) is 4.79 Å². The molecular weight excluding hydrogens is 328 g/mol. The number of hydrogen-bond donors (Lipinski definition) is 2. The van der Waals surface area contributed by atoms with E-state index >= 15 is 0 Å². The topological polar surface area (TPSA) is 81.4 Å². The zero-order chi connectivity index (χ0) is 17.5. The Morgan fingerprint density at radius 1 is 1.17 bits per heavy atom. The SMILES string of the molecule is Cc1ccccc1COC(=O)C[C@@H](NC(N)=O)c1ccc(Cl)cc1. The fraction of sp³-hybridized carbons (Fsp3) is 0.222. The van der Waals surface area contributed by atoms with Gasteiger partial charge in [-0.1, -0.05) is 48.0 Å². The van der Waals surface area contributed by atoms with Crippen LogP contribution in [0.3, 0.4) is 0 Å². The van der Waals surface area contributed by atoms with Crippen LogP contribution < -0.4 is 11.1 Å². The minimum absolute atomic E-state index is 0.0174. The number of amides is 2. The molecule has 0 aliphatic heterocycles. The van der Waals surface area contributed by atoms with Crippen molar-refractivity contribution in [2.45, 2.75) is 26.0 Å². The highest BCUT2D eigenvalue weighted by Crippen LogP contribution is 2.20. The molecule has 0 heterocycles. The Bertz CT molecular complexity index is 716. The van der Waals surface area contributed by atoms with Crippen molar-refractivity contribution in [3.05, 3.63) is 70.2 Å². The van der Waals surface area contributed by atoms with Crippen molar-refractivity contribution in [3.63, 3.8) is 0 Å². The minimum atomic E-state index is -0.707. The van der Waals surface area contributed by atoms with E-state index in [4.69, 9.17) is 22.1 Å². The van der Waals surface area contributed by atoms with Crippen molar-refractivity contribution in [1.82, 2.24) is 5.32 Å². The molecule has 126 valence electrons. The van der Waals surface area contributed by atoms with Gasteiger partial charge in [-0.2, -0.15) is 0 Å². The number of ether oxygens (including phenoxy) is 1. The molecule has 0 bridgehead atoms. The smallest absolute Gasteiger partial charge is 0.312 e. The van der Waals surface area contributed by atoms with Gasteiger partial charge in [0.15, 0.2) is 0 Å². The molecule has 1 atom stereocenters. The lowest BCUT2D eigenvalue weighted by atomic mass is 10.0. The number of primary amides is 1. The third-order valence-corrected chi connectivity index (χ3v) is 3.86. The largest absolute Gasteiger partial charge is 0.461 e. The van der Waals surface area contributed by atoms with Gasteiger partial charge in [0.2, 0.25) is 0 Å². The maximum atomic E-state index is 12.1. The van der Waals surface area contributed by atoms with E-state index in [2.05, 4.69) is 5.32 Å². The molecule has 2 amide bonds. The molecule has 0 radical (unpaired) electrons. The molecule has 2 rings (SSSR count). The molecule has 2 aromatic carbocycles. The molecule has 0 aliphatic carbocycles. The van der Waals surface area contributed by atoms with Crippen molar-refractivity contribution >= 4 is 23.6 Å². The van der Waals surface area contributed by atoms with E-state index < -0.39 is 18.0 Å². The van der Waals surface area contributed by atoms with Gasteiger partial charge in [-0.3, -0.25) is 4.79 Å². The van der Waals surface area contributed by atoms with E-state index in [0.717, 1.165) is 16.7 Å². The summed E-state index contributed by atoms with van der Waals surface area (Å²) in [4.78, 5) is 23.3. The van der Waals surface area contributed by atoms with E-state index in [1.807, 2.05) is 31.2 Å². The Kier molecular flexibility index (Phi) is 6.21. The second-order valence-corrected chi connectivity index (χ2v) is 5.84. The number of hydrogen-bond acceptors (Lipinski definition) is 3. The lowest BCUT2D eigenvalue weighted by Crippen LogP contribution is -2.34. The van der Waals surface area contributed by atoms with Crippen LogP contribution in [0.5, 0.6) is 0 Å². The first kappa shape index (κ1) is 17.8. The average Bonchev–Trinajstić information content (AvgIpc) is 2.54. The van der Waals surface area contributed by atoms with E-state index in [-0.39, 0.29) is 13.0 Å². The van der Waals surface area contributed by atoms with Gasteiger partial charge in [0.1, 0.15) is 6.61 Å². The molecule has 0 aliphatic rings. The molecule has 3 N–H and O–H groups in total. The van der Waals surface area contributed by atoms with Crippen LogP contribution in [0.1, 0.15) is 29.2 Å². The van der Waals surface area contributed by atoms with Crippen LogP contribution in [-0.4, -0.2) is 12.0 Å². The third kappa shape index (κ3) is 5.28. The normalized spacial score (nSPS) is 11.6. The summed E-state index contributed by atoms with van der Waals surface area (Å²) in [6, 6.07) is 13.2. The van der Waals surface area contributed by atoms with Crippen LogP contribution >= 0.6 is 11.6 Å². The number of rotatable bonds is 6. The highest BCUT2D eigenvalue weighted by atomic mass is 35.5. The molecule has 24 heavy (non-hydrogen) atoms. The predicted molar refractivity (Wildman–Crippen MR) is 92.5 cm³/mol. The quantitative estimate of drug-likeness (QED) is 0.785. The second-order valence-electron chi connectivity index (χ2n) is 5.40. The molecular formula is C18H19ClN2O3. The Morgan fingerprint density at radius 3 is 2.46 bits per heavy atom. The highest BCUT2D eigenvalue weighted by Gasteiger charge is 2.18.